The number of hydrogen-bond donors (Lipinski definition) is 1. The van der Waals surface area contributed by atoms with Gasteiger partial charge >= 0.3 is 0 Å². The van der Waals surface area contributed by atoms with Crippen LogP contribution >= 0.6 is 0 Å². The summed E-state index contributed by atoms with van der Waals surface area (Å²) < 4.78 is 5.51. The van der Waals surface area contributed by atoms with Crippen molar-refractivity contribution in [2.75, 3.05) is 11.9 Å². The number of aromatic nitrogens is 2. The van der Waals surface area contributed by atoms with Crippen molar-refractivity contribution in [3.63, 3.8) is 0 Å². The van der Waals surface area contributed by atoms with Crippen LogP contribution in [-0.2, 0) is 0 Å². The van der Waals surface area contributed by atoms with E-state index >= 15 is 0 Å². The van der Waals surface area contributed by atoms with Crippen molar-refractivity contribution in [3.8, 4) is 11.8 Å². The number of anilines is 2. The normalized spacial score (nSPS) is 9.74. The zero-order valence-corrected chi connectivity index (χ0v) is 10.8. The molecule has 1 aromatic carbocycles. The Balaban J connectivity index is 2.31. The molecule has 0 fully saturated rings. The fourth-order valence-corrected chi connectivity index (χ4v) is 1.65. The molecule has 5 nitrogen and oxygen atoms in total. The lowest BCUT2D eigenvalue weighted by Crippen LogP contribution is -2.02. The van der Waals surface area contributed by atoms with Crippen LogP contribution in [0.25, 0.3) is 0 Å². The van der Waals surface area contributed by atoms with Gasteiger partial charge in [-0.3, -0.25) is 0 Å². The van der Waals surface area contributed by atoms with Crippen LogP contribution in [0.15, 0.2) is 30.3 Å². The molecule has 0 aliphatic heterocycles. The Morgan fingerprint density at radius 1 is 1.32 bits per heavy atom. The van der Waals surface area contributed by atoms with E-state index in [4.69, 9.17) is 10.00 Å². The van der Waals surface area contributed by atoms with Gasteiger partial charge in [-0.2, -0.15) is 5.26 Å². The molecule has 2 rings (SSSR count). The van der Waals surface area contributed by atoms with Crippen LogP contribution in [0.2, 0.25) is 0 Å². The lowest BCUT2D eigenvalue weighted by Gasteiger charge is -2.11. The Morgan fingerprint density at radius 2 is 2.11 bits per heavy atom. The highest BCUT2D eigenvalue weighted by Crippen LogP contribution is 2.26. The Hall–Kier alpha value is -2.61. The minimum atomic E-state index is 0.337. The maximum Gasteiger partial charge on any atom is 0.228 e. The van der Waals surface area contributed by atoms with E-state index in [9.17, 15) is 0 Å². The number of aryl methyl sites for hydroxylation is 1. The Morgan fingerprint density at radius 3 is 2.84 bits per heavy atom. The van der Waals surface area contributed by atoms with Crippen molar-refractivity contribution in [2.24, 2.45) is 0 Å². The van der Waals surface area contributed by atoms with Crippen LogP contribution < -0.4 is 10.1 Å². The second-order valence-corrected chi connectivity index (χ2v) is 3.88. The SMILES string of the molecule is CCOc1ccccc1Nc1nc(C)cc(C#N)n1. The molecule has 0 spiro atoms. The average Bonchev–Trinajstić information content (AvgIpc) is 2.40. The molecule has 0 radical (unpaired) electrons. The molecule has 0 saturated heterocycles. The Labute approximate surface area is 111 Å². The lowest BCUT2D eigenvalue weighted by molar-refractivity contribution is 0.342. The first-order valence-electron chi connectivity index (χ1n) is 5.97. The van der Waals surface area contributed by atoms with Crippen molar-refractivity contribution < 1.29 is 4.74 Å². The summed E-state index contributed by atoms with van der Waals surface area (Å²) in [6, 6.07) is 11.2. The third-order valence-electron chi connectivity index (χ3n) is 2.40. The van der Waals surface area contributed by atoms with Crippen LogP contribution in [0.5, 0.6) is 5.75 Å². The van der Waals surface area contributed by atoms with Gasteiger partial charge in [0, 0.05) is 5.69 Å². The summed E-state index contributed by atoms with van der Waals surface area (Å²) in [5.74, 6) is 1.12. The van der Waals surface area contributed by atoms with Gasteiger partial charge in [-0.05, 0) is 32.0 Å². The molecule has 0 atom stereocenters. The highest BCUT2D eigenvalue weighted by molar-refractivity contribution is 5.62. The van der Waals surface area contributed by atoms with Gasteiger partial charge in [0.15, 0.2) is 0 Å². The largest absolute Gasteiger partial charge is 0.492 e. The predicted octanol–water partition coefficient (Wildman–Crippen LogP) is 2.80. The van der Waals surface area contributed by atoms with Crippen molar-refractivity contribution in [1.29, 1.82) is 5.26 Å². The number of nitrogens with zero attached hydrogens (tertiary/aromatic N) is 3. The molecule has 0 bridgehead atoms. The minimum Gasteiger partial charge on any atom is -0.492 e. The highest BCUT2D eigenvalue weighted by atomic mass is 16.5. The number of nitrogens with one attached hydrogen (secondary N) is 1. The first kappa shape index (κ1) is 12.8. The first-order chi connectivity index (χ1) is 9.22. The fourth-order valence-electron chi connectivity index (χ4n) is 1.65. The standard InChI is InChI=1S/C14H14N4O/c1-3-19-13-7-5-4-6-12(13)18-14-16-10(2)8-11(9-15)17-14/h4-8H,3H2,1-2H3,(H,16,17,18). The third kappa shape index (κ3) is 3.19. The molecule has 0 amide bonds. The number of ether oxygens (including phenoxy) is 1. The highest BCUT2D eigenvalue weighted by Gasteiger charge is 2.06. The van der Waals surface area contributed by atoms with E-state index in [0.717, 1.165) is 17.1 Å². The van der Waals surface area contributed by atoms with Gasteiger partial charge in [-0.15, -0.1) is 0 Å². The summed E-state index contributed by atoms with van der Waals surface area (Å²) in [6.45, 7) is 4.33. The average molecular weight is 254 g/mol. The molecule has 1 heterocycles. The van der Waals surface area contributed by atoms with Crippen LogP contribution in [0.1, 0.15) is 18.3 Å². The molecule has 5 heteroatoms. The van der Waals surface area contributed by atoms with E-state index < -0.39 is 0 Å². The molecule has 1 N–H and O–H groups in total. The smallest absolute Gasteiger partial charge is 0.228 e. The van der Waals surface area contributed by atoms with Gasteiger partial charge in [-0.1, -0.05) is 12.1 Å². The van der Waals surface area contributed by atoms with Gasteiger partial charge in [0.1, 0.15) is 17.5 Å². The number of nitriles is 1. The van der Waals surface area contributed by atoms with E-state index in [1.807, 2.05) is 44.2 Å². The van der Waals surface area contributed by atoms with E-state index in [1.54, 1.807) is 6.07 Å². The molecular formula is C14H14N4O. The maximum absolute atomic E-state index is 8.90. The summed E-state index contributed by atoms with van der Waals surface area (Å²) in [7, 11) is 0. The molecule has 19 heavy (non-hydrogen) atoms. The zero-order valence-electron chi connectivity index (χ0n) is 10.8. The van der Waals surface area contributed by atoms with E-state index in [1.165, 1.54) is 0 Å². The van der Waals surface area contributed by atoms with Gasteiger partial charge < -0.3 is 10.1 Å². The van der Waals surface area contributed by atoms with Crippen molar-refractivity contribution >= 4 is 11.6 Å². The molecule has 2 aromatic rings. The fraction of sp³-hybridized carbons (Fsp3) is 0.214. The first-order valence-corrected chi connectivity index (χ1v) is 5.97. The second kappa shape index (κ2) is 5.83. The van der Waals surface area contributed by atoms with Crippen LogP contribution in [0, 0.1) is 18.3 Å². The van der Waals surface area contributed by atoms with Gasteiger partial charge in [0.05, 0.1) is 12.3 Å². The summed E-state index contributed by atoms with van der Waals surface area (Å²) in [4.78, 5) is 8.36. The summed E-state index contributed by atoms with van der Waals surface area (Å²) in [5.41, 5.74) is 1.85. The quantitative estimate of drug-likeness (QED) is 0.908. The number of rotatable bonds is 4. The van der Waals surface area contributed by atoms with E-state index in [0.29, 0.717) is 18.2 Å². The number of benzene rings is 1. The van der Waals surface area contributed by atoms with Gasteiger partial charge in [0.25, 0.3) is 0 Å². The number of hydrogen-bond acceptors (Lipinski definition) is 5. The summed E-state index contributed by atoms with van der Waals surface area (Å²) in [5, 5.41) is 12.0. The predicted molar refractivity (Wildman–Crippen MR) is 72.4 cm³/mol. The lowest BCUT2D eigenvalue weighted by atomic mass is 10.3. The molecule has 96 valence electrons. The molecule has 0 saturated carbocycles. The monoisotopic (exact) mass is 254 g/mol. The van der Waals surface area contributed by atoms with Gasteiger partial charge in [0.2, 0.25) is 5.95 Å². The maximum atomic E-state index is 8.90. The van der Waals surface area contributed by atoms with Crippen molar-refractivity contribution in [2.45, 2.75) is 13.8 Å². The van der Waals surface area contributed by atoms with E-state index in [2.05, 4.69) is 15.3 Å². The molecule has 0 aliphatic rings. The van der Waals surface area contributed by atoms with Crippen molar-refractivity contribution in [1.82, 2.24) is 9.97 Å². The van der Waals surface area contributed by atoms with Crippen molar-refractivity contribution in [3.05, 3.63) is 41.7 Å². The third-order valence-corrected chi connectivity index (χ3v) is 2.40. The molecule has 0 unspecified atom stereocenters. The summed E-state index contributed by atoms with van der Waals surface area (Å²) in [6.07, 6.45) is 0. The van der Waals surface area contributed by atoms with E-state index in [-0.39, 0.29) is 0 Å². The zero-order chi connectivity index (χ0) is 13.7. The number of para-hydroxylation sites is 2. The topological polar surface area (TPSA) is 70.8 Å². The van der Waals surface area contributed by atoms with Crippen LogP contribution in [-0.4, -0.2) is 16.6 Å². The molecular weight excluding hydrogens is 240 g/mol. The van der Waals surface area contributed by atoms with Crippen LogP contribution in [0.3, 0.4) is 0 Å². The second-order valence-electron chi connectivity index (χ2n) is 3.88. The Kier molecular flexibility index (Phi) is 3.94. The van der Waals surface area contributed by atoms with Gasteiger partial charge in [-0.25, -0.2) is 9.97 Å². The molecule has 1 aromatic heterocycles. The minimum absolute atomic E-state index is 0.337. The molecule has 0 aliphatic carbocycles. The Bertz CT molecular complexity index is 619. The van der Waals surface area contributed by atoms with Crippen LogP contribution in [0.4, 0.5) is 11.6 Å². The summed E-state index contributed by atoms with van der Waals surface area (Å²) >= 11 is 0.